The highest BCUT2D eigenvalue weighted by Gasteiger charge is 2.30. The van der Waals surface area contributed by atoms with Gasteiger partial charge in [-0.2, -0.15) is 13.2 Å². The summed E-state index contributed by atoms with van der Waals surface area (Å²) in [4.78, 5) is 7.88. The van der Waals surface area contributed by atoms with E-state index in [1.807, 2.05) is 0 Å². The molecule has 94 valence electrons. The Morgan fingerprint density at radius 1 is 1.26 bits per heavy atom. The standard InChI is InChI=1S/C11H4BClF3N3/c12-8-4-17-10-9(13)18-6-3-5(11(14,15)16)1-2-7(6)19(8)10/h1-4H. The van der Waals surface area contributed by atoms with Crippen molar-refractivity contribution in [3.63, 3.8) is 0 Å². The van der Waals surface area contributed by atoms with E-state index in [1.54, 1.807) is 0 Å². The molecule has 2 heterocycles. The van der Waals surface area contributed by atoms with Gasteiger partial charge >= 0.3 is 6.18 Å². The summed E-state index contributed by atoms with van der Waals surface area (Å²) in [6.45, 7) is 0. The number of hydrogen-bond acceptors (Lipinski definition) is 2. The highest BCUT2D eigenvalue weighted by Crippen LogP contribution is 2.31. The number of nitrogens with zero attached hydrogens (tertiary/aromatic N) is 3. The Morgan fingerprint density at radius 3 is 2.68 bits per heavy atom. The highest BCUT2D eigenvalue weighted by molar-refractivity contribution is 6.34. The molecule has 8 heteroatoms. The first-order valence-corrected chi connectivity index (χ1v) is 5.55. The van der Waals surface area contributed by atoms with Crippen LogP contribution in [0, 0.1) is 0 Å². The van der Waals surface area contributed by atoms with Crippen LogP contribution in [0.15, 0.2) is 24.4 Å². The summed E-state index contributed by atoms with van der Waals surface area (Å²) in [5.41, 5.74) is 0.330. The second-order valence-electron chi connectivity index (χ2n) is 3.95. The van der Waals surface area contributed by atoms with E-state index in [-0.39, 0.29) is 16.3 Å². The Balaban J connectivity index is 2.43. The maximum absolute atomic E-state index is 12.6. The van der Waals surface area contributed by atoms with Gasteiger partial charge in [0.2, 0.25) is 0 Å². The minimum Gasteiger partial charge on any atom is -0.303 e. The van der Waals surface area contributed by atoms with Gasteiger partial charge in [0.05, 0.1) is 16.6 Å². The lowest BCUT2D eigenvalue weighted by molar-refractivity contribution is -0.137. The summed E-state index contributed by atoms with van der Waals surface area (Å²) in [7, 11) is 5.73. The predicted molar refractivity (Wildman–Crippen MR) is 65.9 cm³/mol. The molecular weight excluding hydrogens is 277 g/mol. The monoisotopic (exact) mass is 281 g/mol. The summed E-state index contributed by atoms with van der Waals surface area (Å²) >= 11 is 5.88. The Kier molecular flexibility index (Phi) is 2.50. The maximum atomic E-state index is 12.6. The second kappa shape index (κ2) is 3.87. The van der Waals surface area contributed by atoms with E-state index in [2.05, 4.69) is 9.97 Å². The third-order valence-corrected chi connectivity index (χ3v) is 2.99. The van der Waals surface area contributed by atoms with Gasteiger partial charge < -0.3 is 4.40 Å². The minimum atomic E-state index is -4.43. The largest absolute Gasteiger partial charge is 0.416 e. The summed E-state index contributed by atoms with van der Waals surface area (Å²) in [6, 6.07) is 3.20. The molecule has 0 saturated carbocycles. The van der Waals surface area contributed by atoms with Gasteiger partial charge in [0.15, 0.2) is 10.8 Å². The van der Waals surface area contributed by atoms with Gasteiger partial charge in [-0.05, 0) is 23.8 Å². The average molecular weight is 281 g/mol. The van der Waals surface area contributed by atoms with Gasteiger partial charge in [-0.25, -0.2) is 9.97 Å². The van der Waals surface area contributed by atoms with Crippen molar-refractivity contribution in [2.75, 3.05) is 0 Å². The lowest BCUT2D eigenvalue weighted by atomic mass is 10.1. The average Bonchev–Trinajstić information content (AvgIpc) is 2.71. The van der Waals surface area contributed by atoms with E-state index in [0.717, 1.165) is 12.1 Å². The number of hydrogen-bond donors (Lipinski definition) is 0. The Bertz CT molecular complexity index is 797. The molecule has 0 saturated heterocycles. The van der Waals surface area contributed by atoms with Gasteiger partial charge in [-0.1, -0.05) is 11.6 Å². The van der Waals surface area contributed by atoms with E-state index in [4.69, 9.17) is 19.4 Å². The van der Waals surface area contributed by atoms with E-state index < -0.39 is 11.7 Å². The third-order valence-electron chi connectivity index (χ3n) is 2.74. The molecule has 1 aromatic carbocycles. The van der Waals surface area contributed by atoms with Crippen molar-refractivity contribution in [1.82, 2.24) is 14.4 Å². The predicted octanol–water partition coefficient (Wildman–Crippen LogP) is 2.35. The Labute approximate surface area is 111 Å². The van der Waals surface area contributed by atoms with Crippen LogP contribution in [0.4, 0.5) is 13.2 Å². The summed E-state index contributed by atoms with van der Waals surface area (Å²) < 4.78 is 39.4. The van der Waals surface area contributed by atoms with Crippen molar-refractivity contribution < 1.29 is 13.2 Å². The number of imidazole rings is 1. The van der Waals surface area contributed by atoms with Crippen molar-refractivity contribution in [3.8, 4) is 0 Å². The third kappa shape index (κ3) is 1.85. The van der Waals surface area contributed by atoms with Crippen LogP contribution < -0.4 is 5.59 Å². The zero-order chi connectivity index (χ0) is 13.8. The molecule has 3 nitrogen and oxygen atoms in total. The molecule has 0 spiro atoms. The van der Waals surface area contributed by atoms with Crippen LogP contribution in [0.5, 0.6) is 0 Å². The van der Waals surface area contributed by atoms with Crippen LogP contribution in [-0.2, 0) is 6.18 Å². The fourth-order valence-electron chi connectivity index (χ4n) is 1.90. The summed E-state index contributed by atoms with van der Waals surface area (Å²) in [5.74, 6) is 0. The molecule has 3 rings (SSSR count). The molecular formula is C11H4BClF3N3. The van der Waals surface area contributed by atoms with Crippen LogP contribution in [-0.4, -0.2) is 22.2 Å². The van der Waals surface area contributed by atoms with Gasteiger partial charge in [0.1, 0.15) is 7.85 Å². The molecule has 0 fully saturated rings. The highest BCUT2D eigenvalue weighted by atomic mass is 35.5. The first-order chi connectivity index (χ1) is 8.88. The van der Waals surface area contributed by atoms with Gasteiger partial charge in [-0.3, -0.25) is 0 Å². The SMILES string of the molecule is [B]c1cnc2c(Cl)nc3cc(C(F)(F)F)ccc3n12. The maximum Gasteiger partial charge on any atom is 0.416 e. The fourth-order valence-corrected chi connectivity index (χ4v) is 2.12. The molecule has 0 N–H and O–H groups in total. The fraction of sp³-hybridized carbons (Fsp3) is 0.0909. The minimum absolute atomic E-state index is 0.00326. The van der Waals surface area contributed by atoms with Crippen LogP contribution in [0.1, 0.15) is 5.56 Å². The zero-order valence-corrected chi connectivity index (χ0v) is 10.00. The molecule has 3 aromatic rings. The number of aromatic nitrogens is 3. The van der Waals surface area contributed by atoms with Gasteiger partial charge in [0.25, 0.3) is 0 Å². The molecule has 0 amide bonds. The van der Waals surface area contributed by atoms with Crippen molar-refractivity contribution in [2.45, 2.75) is 6.18 Å². The lowest BCUT2D eigenvalue weighted by Gasteiger charge is -2.09. The lowest BCUT2D eigenvalue weighted by Crippen LogP contribution is -2.11. The Morgan fingerprint density at radius 2 is 2.00 bits per heavy atom. The number of benzene rings is 1. The van der Waals surface area contributed by atoms with Crippen molar-refractivity contribution in [1.29, 1.82) is 0 Å². The molecule has 0 aliphatic rings. The van der Waals surface area contributed by atoms with E-state index >= 15 is 0 Å². The van der Waals surface area contributed by atoms with Gasteiger partial charge in [0, 0.05) is 6.20 Å². The van der Waals surface area contributed by atoms with E-state index in [0.29, 0.717) is 11.2 Å². The Hall–Kier alpha value is -1.76. The van der Waals surface area contributed by atoms with E-state index in [1.165, 1.54) is 16.7 Å². The zero-order valence-electron chi connectivity index (χ0n) is 9.24. The first kappa shape index (κ1) is 12.3. The summed E-state index contributed by atoms with van der Waals surface area (Å²) in [5, 5.41) is 0.00326. The molecule has 0 unspecified atom stereocenters. The molecule has 0 atom stereocenters. The molecule has 2 radical (unpaired) electrons. The van der Waals surface area contributed by atoms with E-state index in [9.17, 15) is 13.2 Å². The smallest absolute Gasteiger partial charge is 0.303 e. The quantitative estimate of drug-likeness (QED) is 0.592. The number of halogens is 4. The van der Waals surface area contributed by atoms with Crippen molar-refractivity contribution in [2.24, 2.45) is 0 Å². The van der Waals surface area contributed by atoms with Crippen LogP contribution >= 0.6 is 11.6 Å². The van der Waals surface area contributed by atoms with Crippen molar-refractivity contribution in [3.05, 3.63) is 35.1 Å². The van der Waals surface area contributed by atoms with Crippen LogP contribution in [0.3, 0.4) is 0 Å². The molecule has 0 aliphatic carbocycles. The molecule has 2 aromatic heterocycles. The normalized spacial score (nSPS) is 12.4. The summed E-state index contributed by atoms with van der Waals surface area (Å²) in [6.07, 6.45) is -3.06. The van der Waals surface area contributed by atoms with Crippen molar-refractivity contribution >= 4 is 41.7 Å². The molecule has 0 aliphatic heterocycles. The number of fused-ring (bicyclic) bond motifs is 3. The topological polar surface area (TPSA) is 30.2 Å². The second-order valence-corrected chi connectivity index (χ2v) is 4.30. The molecule has 0 bridgehead atoms. The molecule has 19 heavy (non-hydrogen) atoms. The van der Waals surface area contributed by atoms with Crippen LogP contribution in [0.25, 0.3) is 16.7 Å². The number of rotatable bonds is 0. The number of alkyl halides is 3. The van der Waals surface area contributed by atoms with Crippen LogP contribution in [0.2, 0.25) is 5.15 Å². The first-order valence-electron chi connectivity index (χ1n) is 5.17. The van der Waals surface area contributed by atoms with Gasteiger partial charge in [-0.15, -0.1) is 0 Å².